The molecule has 0 bridgehead atoms. The molecule has 1 aliphatic rings. The molecule has 0 atom stereocenters. The molecule has 3 rings (SSSR count). The Balaban J connectivity index is 1.67. The number of anilines is 1. The lowest BCUT2D eigenvalue weighted by molar-refractivity contribution is -0.116. The number of carbonyl (C=O) groups excluding carboxylic acids is 2. The van der Waals surface area contributed by atoms with Crippen molar-refractivity contribution < 1.29 is 9.59 Å². The monoisotopic (exact) mass is 280 g/mol. The van der Waals surface area contributed by atoms with Crippen molar-refractivity contribution in [2.75, 3.05) is 11.9 Å². The van der Waals surface area contributed by atoms with Gasteiger partial charge in [0.1, 0.15) is 6.54 Å². The highest BCUT2D eigenvalue weighted by molar-refractivity contribution is 6.02. The maximum atomic E-state index is 12.2. The van der Waals surface area contributed by atoms with Crippen LogP contribution in [0.2, 0.25) is 0 Å². The molecule has 0 spiro atoms. The normalized spacial score (nSPS) is 13.2. The van der Waals surface area contributed by atoms with Gasteiger partial charge in [-0.05, 0) is 30.2 Å². The van der Waals surface area contributed by atoms with Crippen LogP contribution in [0.3, 0.4) is 0 Å². The molecule has 4 heteroatoms. The van der Waals surface area contributed by atoms with Crippen LogP contribution in [-0.4, -0.2) is 23.3 Å². The first-order valence-corrected chi connectivity index (χ1v) is 6.88. The van der Waals surface area contributed by atoms with E-state index >= 15 is 0 Å². The number of para-hydroxylation sites is 1. The van der Waals surface area contributed by atoms with E-state index in [1.54, 1.807) is 11.0 Å². The van der Waals surface area contributed by atoms with E-state index in [-0.39, 0.29) is 18.4 Å². The number of hydrogen-bond acceptors (Lipinski definition) is 2. The van der Waals surface area contributed by atoms with Gasteiger partial charge in [-0.1, -0.05) is 36.4 Å². The molecule has 0 radical (unpaired) electrons. The number of nitrogens with one attached hydrogen (secondary N) is 1. The SMILES string of the molecule is Cc1ccccc1NC(=O)CN1Cc2ccccc2C1=O. The van der Waals surface area contributed by atoms with E-state index in [2.05, 4.69) is 5.32 Å². The molecule has 0 saturated carbocycles. The van der Waals surface area contributed by atoms with E-state index in [4.69, 9.17) is 0 Å². The Bertz CT molecular complexity index is 709. The number of hydrogen-bond donors (Lipinski definition) is 1. The molecule has 106 valence electrons. The summed E-state index contributed by atoms with van der Waals surface area (Å²) in [6.07, 6.45) is 0. The molecular formula is C17H16N2O2. The van der Waals surface area contributed by atoms with Crippen LogP contribution in [0.1, 0.15) is 21.5 Å². The fourth-order valence-electron chi connectivity index (χ4n) is 2.52. The summed E-state index contributed by atoms with van der Waals surface area (Å²) in [5.74, 6) is -0.254. The van der Waals surface area contributed by atoms with Crippen molar-refractivity contribution >= 4 is 17.5 Å². The second-order valence-electron chi connectivity index (χ2n) is 5.18. The first-order chi connectivity index (χ1) is 10.1. The number of nitrogens with zero attached hydrogens (tertiary/aromatic N) is 1. The zero-order valence-electron chi connectivity index (χ0n) is 11.8. The van der Waals surface area contributed by atoms with Gasteiger partial charge in [0.25, 0.3) is 5.91 Å². The van der Waals surface area contributed by atoms with Crippen LogP contribution >= 0.6 is 0 Å². The zero-order valence-corrected chi connectivity index (χ0v) is 11.8. The fraction of sp³-hybridized carbons (Fsp3) is 0.176. The van der Waals surface area contributed by atoms with Gasteiger partial charge in [-0.15, -0.1) is 0 Å². The zero-order chi connectivity index (χ0) is 14.8. The van der Waals surface area contributed by atoms with E-state index < -0.39 is 0 Å². The first-order valence-electron chi connectivity index (χ1n) is 6.88. The van der Waals surface area contributed by atoms with Crippen molar-refractivity contribution in [2.24, 2.45) is 0 Å². The van der Waals surface area contributed by atoms with Gasteiger partial charge in [-0.25, -0.2) is 0 Å². The third kappa shape index (κ3) is 2.65. The van der Waals surface area contributed by atoms with Crippen molar-refractivity contribution in [3.63, 3.8) is 0 Å². The molecular weight excluding hydrogens is 264 g/mol. The molecule has 2 aromatic carbocycles. The molecule has 1 N–H and O–H groups in total. The van der Waals surface area contributed by atoms with Gasteiger partial charge in [0, 0.05) is 17.8 Å². The van der Waals surface area contributed by atoms with Crippen LogP contribution in [0.25, 0.3) is 0 Å². The van der Waals surface area contributed by atoms with Crippen LogP contribution in [0, 0.1) is 6.92 Å². The molecule has 0 aromatic heterocycles. The van der Waals surface area contributed by atoms with Gasteiger partial charge in [0.05, 0.1) is 0 Å². The summed E-state index contributed by atoms with van der Waals surface area (Å²) in [5, 5.41) is 2.85. The highest BCUT2D eigenvalue weighted by Crippen LogP contribution is 2.22. The predicted molar refractivity (Wildman–Crippen MR) is 81.0 cm³/mol. The Kier molecular flexibility index (Phi) is 3.44. The summed E-state index contributed by atoms with van der Waals surface area (Å²) in [6, 6.07) is 15.1. The van der Waals surface area contributed by atoms with Crippen molar-refractivity contribution in [1.29, 1.82) is 0 Å². The van der Waals surface area contributed by atoms with E-state index in [1.807, 2.05) is 49.4 Å². The van der Waals surface area contributed by atoms with Crippen molar-refractivity contribution in [1.82, 2.24) is 4.90 Å². The summed E-state index contributed by atoms with van der Waals surface area (Å²) in [6.45, 7) is 2.50. The molecule has 0 fully saturated rings. The molecule has 1 aliphatic heterocycles. The molecule has 0 saturated heterocycles. The molecule has 2 aromatic rings. The van der Waals surface area contributed by atoms with Gasteiger partial charge >= 0.3 is 0 Å². The molecule has 1 heterocycles. The molecule has 4 nitrogen and oxygen atoms in total. The van der Waals surface area contributed by atoms with E-state index in [0.717, 1.165) is 16.8 Å². The quantitative estimate of drug-likeness (QED) is 0.939. The second kappa shape index (κ2) is 5.40. The van der Waals surface area contributed by atoms with Gasteiger partial charge in [0.2, 0.25) is 5.91 Å². The summed E-state index contributed by atoms with van der Waals surface area (Å²) in [4.78, 5) is 25.9. The number of rotatable bonds is 3. The number of amides is 2. The Morgan fingerprint density at radius 3 is 2.62 bits per heavy atom. The van der Waals surface area contributed by atoms with Crippen LogP contribution in [-0.2, 0) is 11.3 Å². The highest BCUT2D eigenvalue weighted by atomic mass is 16.2. The Hall–Kier alpha value is -2.62. The average molecular weight is 280 g/mol. The number of benzene rings is 2. The van der Waals surface area contributed by atoms with E-state index in [1.165, 1.54) is 0 Å². The lowest BCUT2D eigenvalue weighted by Crippen LogP contribution is -2.33. The first kappa shape index (κ1) is 13.4. The molecule has 0 aliphatic carbocycles. The van der Waals surface area contributed by atoms with Crippen molar-refractivity contribution in [3.8, 4) is 0 Å². The van der Waals surface area contributed by atoms with Gasteiger partial charge in [-0.2, -0.15) is 0 Å². The number of fused-ring (bicyclic) bond motifs is 1. The van der Waals surface area contributed by atoms with Crippen LogP contribution in [0.4, 0.5) is 5.69 Å². The Morgan fingerprint density at radius 1 is 1.14 bits per heavy atom. The third-order valence-electron chi connectivity index (χ3n) is 3.65. The third-order valence-corrected chi connectivity index (χ3v) is 3.65. The topological polar surface area (TPSA) is 49.4 Å². The summed E-state index contributed by atoms with van der Waals surface area (Å²) in [5.41, 5.74) is 3.46. The maximum Gasteiger partial charge on any atom is 0.254 e. The van der Waals surface area contributed by atoms with Crippen LogP contribution < -0.4 is 5.32 Å². The highest BCUT2D eigenvalue weighted by Gasteiger charge is 2.28. The summed E-state index contributed by atoms with van der Waals surface area (Å²) >= 11 is 0. The van der Waals surface area contributed by atoms with Gasteiger partial charge in [-0.3, -0.25) is 9.59 Å². The Labute approximate surface area is 123 Å². The molecule has 0 unspecified atom stereocenters. The summed E-state index contributed by atoms with van der Waals surface area (Å²) < 4.78 is 0. The van der Waals surface area contributed by atoms with Crippen LogP contribution in [0.5, 0.6) is 0 Å². The number of aryl methyl sites for hydroxylation is 1. The lowest BCUT2D eigenvalue weighted by Gasteiger charge is -2.15. The minimum atomic E-state index is -0.176. The largest absolute Gasteiger partial charge is 0.325 e. The second-order valence-corrected chi connectivity index (χ2v) is 5.18. The predicted octanol–water partition coefficient (Wildman–Crippen LogP) is 2.59. The molecule has 21 heavy (non-hydrogen) atoms. The maximum absolute atomic E-state index is 12.2. The van der Waals surface area contributed by atoms with E-state index in [0.29, 0.717) is 12.1 Å². The number of carbonyl (C=O) groups is 2. The summed E-state index contributed by atoms with van der Waals surface area (Å²) in [7, 11) is 0. The van der Waals surface area contributed by atoms with Crippen molar-refractivity contribution in [3.05, 3.63) is 65.2 Å². The Morgan fingerprint density at radius 2 is 1.86 bits per heavy atom. The van der Waals surface area contributed by atoms with Crippen LogP contribution in [0.15, 0.2) is 48.5 Å². The van der Waals surface area contributed by atoms with Gasteiger partial charge < -0.3 is 10.2 Å². The molecule has 2 amide bonds. The lowest BCUT2D eigenvalue weighted by atomic mass is 10.1. The smallest absolute Gasteiger partial charge is 0.254 e. The minimum absolute atomic E-state index is 0.0713. The van der Waals surface area contributed by atoms with Crippen molar-refractivity contribution in [2.45, 2.75) is 13.5 Å². The van der Waals surface area contributed by atoms with E-state index in [9.17, 15) is 9.59 Å². The van der Waals surface area contributed by atoms with Gasteiger partial charge in [0.15, 0.2) is 0 Å². The standard InChI is InChI=1S/C17H16N2O2/c1-12-6-2-5-9-15(12)18-16(20)11-19-10-13-7-3-4-8-14(13)17(19)21/h2-9H,10-11H2,1H3,(H,18,20). The fourth-order valence-corrected chi connectivity index (χ4v) is 2.52. The minimum Gasteiger partial charge on any atom is -0.325 e. The average Bonchev–Trinajstić information content (AvgIpc) is 2.78.